The summed E-state index contributed by atoms with van der Waals surface area (Å²) in [5.41, 5.74) is 3.67. The molecule has 0 radical (unpaired) electrons. The normalized spacial score (nSPS) is 13.4. The minimum atomic E-state index is 0.302. The molecule has 1 heterocycles. The molecule has 0 aliphatic heterocycles. The third-order valence-electron chi connectivity index (χ3n) is 3.98. The standard InChI is InChI=1S/C19H20BrN5OS2/c1-24(21)19(27)25(22)17-8-3-2-5-14(17)11-26-18-23-16(12-28-18)13-6-4-7-15(20)10-9-13/h2-5,7-10,12H,6,11,21-22H2,1H3. The molecule has 1 aromatic heterocycles. The second-order valence-electron chi connectivity index (χ2n) is 6.03. The number of ether oxygens (including phenoxy) is 1. The van der Waals surface area contributed by atoms with Crippen LogP contribution in [-0.4, -0.2) is 22.2 Å². The molecule has 0 fully saturated rings. The number of benzene rings is 1. The number of hydrogen-bond acceptors (Lipinski definition) is 6. The van der Waals surface area contributed by atoms with E-state index in [4.69, 9.17) is 28.6 Å². The Morgan fingerprint density at radius 1 is 1.32 bits per heavy atom. The van der Waals surface area contributed by atoms with Gasteiger partial charge in [0.25, 0.3) is 5.19 Å². The molecule has 0 bridgehead atoms. The molecule has 0 saturated heterocycles. The maximum atomic E-state index is 6.12. The number of para-hydroxylation sites is 1. The van der Waals surface area contributed by atoms with Crippen molar-refractivity contribution in [3.63, 3.8) is 0 Å². The molecule has 0 amide bonds. The third-order valence-corrected chi connectivity index (χ3v) is 5.75. The first-order valence-corrected chi connectivity index (χ1v) is 10.5. The van der Waals surface area contributed by atoms with Crippen LogP contribution < -0.4 is 21.4 Å². The van der Waals surface area contributed by atoms with E-state index in [1.54, 1.807) is 7.05 Å². The van der Waals surface area contributed by atoms with Crippen molar-refractivity contribution in [3.05, 3.63) is 69.7 Å². The van der Waals surface area contributed by atoms with Crippen LogP contribution in [0.5, 0.6) is 5.19 Å². The Kier molecular flexibility index (Phi) is 6.97. The van der Waals surface area contributed by atoms with Crippen molar-refractivity contribution < 1.29 is 4.74 Å². The van der Waals surface area contributed by atoms with E-state index < -0.39 is 0 Å². The molecule has 4 N–H and O–H groups in total. The summed E-state index contributed by atoms with van der Waals surface area (Å²) in [5, 5.41) is 5.57. The molecule has 28 heavy (non-hydrogen) atoms. The van der Waals surface area contributed by atoms with Crippen LogP contribution in [0.3, 0.4) is 0 Å². The van der Waals surface area contributed by atoms with Crippen LogP contribution in [0.2, 0.25) is 0 Å². The van der Waals surface area contributed by atoms with Crippen LogP contribution in [0.15, 0.2) is 58.4 Å². The van der Waals surface area contributed by atoms with Gasteiger partial charge in [0.1, 0.15) is 6.61 Å². The molecule has 3 rings (SSSR count). The van der Waals surface area contributed by atoms with Crippen molar-refractivity contribution in [1.29, 1.82) is 0 Å². The average molecular weight is 478 g/mol. The number of thiazole rings is 1. The first-order valence-electron chi connectivity index (χ1n) is 8.42. The van der Waals surface area contributed by atoms with Gasteiger partial charge in [0.05, 0.1) is 11.4 Å². The summed E-state index contributed by atoms with van der Waals surface area (Å²) in [5.74, 6) is 11.8. The molecule has 0 unspecified atom stereocenters. The highest BCUT2D eigenvalue weighted by Crippen LogP contribution is 2.29. The smallest absolute Gasteiger partial charge is 0.274 e. The summed E-state index contributed by atoms with van der Waals surface area (Å²) in [6, 6.07) is 7.61. The van der Waals surface area contributed by atoms with E-state index in [1.807, 2.05) is 41.8 Å². The highest BCUT2D eigenvalue weighted by Gasteiger charge is 2.15. The van der Waals surface area contributed by atoms with Gasteiger partial charge in [-0.1, -0.05) is 63.7 Å². The van der Waals surface area contributed by atoms with Gasteiger partial charge in [-0.25, -0.2) is 16.7 Å². The fourth-order valence-corrected chi connectivity index (χ4v) is 3.66. The predicted molar refractivity (Wildman–Crippen MR) is 123 cm³/mol. The lowest BCUT2D eigenvalue weighted by molar-refractivity contribution is 0.304. The summed E-state index contributed by atoms with van der Waals surface area (Å²) < 4.78 is 6.95. The fourth-order valence-electron chi connectivity index (χ4n) is 2.54. The molecular formula is C19H20BrN5OS2. The summed E-state index contributed by atoms with van der Waals surface area (Å²) in [6.07, 6.45) is 9.04. The summed E-state index contributed by atoms with van der Waals surface area (Å²) in [7, 11) is 1.64. The lowest BCUT2D eigenvalue weighted by Gasteiger charge is -2.25. The van der Waals surface area contributed by atoms with E-state index in [0.717, 1.165) is 33.4 Å². The minimum Gasteiger partial charge on any atom is -0.465 e. The number of rotatable bonds is 5. The average Bonchev–Trinajstić information content (AvgIpc) is 3.06. The first-order chi connectivity index (χ1) is 13.5. The Hall–Kier alpha value is -2.04. The number of aromatic nitrogens is 1. The third kappa shape index (κ3) is 5.06. The van der Waals surface area contributed by atoms with Gasteiger partial charge in [0.15, 0.2) is 0 Å². The van der Waals surface area contributed by atoms with Crippen molar-refractivity contribution in [3.8, 4) is 5.19 Å². The van der Waals surface area contributed by atoms with E-state index >= 15 is 0 Å². The first kappa shape index (κ1) is 20.7. The maximum absolute atomic E-state index is 6.12. The van der Waals surface area contributed by atoms with Crippen LogP contribution in [0, 0.1) is 0 Å². The van der Waals surface area contributed by atoms with Gasteiger partial charge < -0.3 is 4.74 Å². The molecule has 6 nitrogen and oxygen atoms in total. The zero-order valence-corrected chi connectivity index (χ0v) is 18.4. The number of anilines is 1. The molecule has 1 aliphatic rings. The van der Waals surface area contributed by atoms with Gasteiger partial charge in [-0.15, -0.1) is 0 Å². The second-order valence-corrected chi connectivity index (χ2v) is 8.13. The Morgan fingerprint density at radius 2 is 2.11 bits per heavy atom. The fraction of sp³-hybridized carbons (Fsp3) is 0.158. The van der Waals surface area contributed by atoms with Crippen LogP contribution in [-0.2, 0) is 6.61 Å². The van der Waals surface area contributed by atoms with Crippen molar-refractivity contribution in [2.24, 2.45) is 11.7 Å². The van der Waals surface area contributed by atoms with Gasteiger partial charge in [-0.2, -0.15) is 0 Å². The lowest BCUT2D eigenvalue weighted by atomic mass is 10.1. The topological polar surface area (TPSA) is 80.6 Å². The van der Waals surface area contributed by atoms with Gasteiger partial charge >= 0.3 is 0 Å². The Balaban J connectivity index is 1.72. The SMILES string of the molecule is CN(N)C(=S)N(N)c1ccccc1COc1nc(C2=CC=C(Br)C=CC2)cs1. The van der Waals surface area contributed by atoms with E-state index in [-0.39, 0.29) is 0 Å². The van der Waals surface area contributed by atoms with Crippen molar-refractivity contribution in [1.82, 2.24) is 9.99 Å². The lowest BCUT2D eigenvalue weighted by Crippen LogP contribution is -2.48. The van der Waals surface area contributed by atoms with E-state index in [2.05, 4.69) is 33.1 Å². The Bertz CT molecular complexity index is 951. The number of nitrogens with two attached hydrogens (primary N) is 2. The monoisotopic (exact) mass is 477 g/mol. The predicted octanol–water partition coefficient (Wildman–Crippen LogP) is 4.11. The van der Waals surface area contributed by atoms with Crippen molar-refractivity contribution in [2.45, 2.75) is 13.0 Å². The van der Waals surface area contributed by atoms with E-state index in [1.165, 1.54) is 21.4 Å². The van der Waals surface area contributed by atoms with Crippen LogP contribution in [0.4, 0.5) is 5.69 Å². The highest BCUT2D eigenvalue weighted by molar-refractivity contribution is 9.11. The second kappa shape index (κ2) is 9.44. The van der Waals surface area contributed by atoms with Crippen molar-refractivity contribution in [2.75, 3.05) is 12.1 Å². The molecular weight excluding hydrogens is 458 g/mol. The number of nitrogens with zero attached hydrogens (tertiary/aromatic N) is 3. The molecule has 9 heteroatoms. The van der Waals surface area contributed by atoms with Gasteiger partial charge in [0.2, 0.25) is 5.11 Å². The Morgan fingerprint density at radius 3 is 2.89 bits per heavy atom. The zero-order valence-electron chi connectivity index (χ0n) is 15.2. The number of hydrazine groups is 2. The summed E-state index contributed by atoms with van der Waals surface area (Å²) in [6.45, 7) is 0.318. The summed E-state index contributed by atoms with van der Waals surface area (Å²) in [4.78, 5) is 4.60. The van der Waals surface area contributed by atoms with E-state index in [0.29, 0.717) is 16.9 Å². The van der Waals surface area contributed by atoms with Gasteiger partial charge in [0, 0.05) is 22.5 Å². The number of halogens is 1. The number of hydrogen-bond donors (Lipinski definition) is 2. The number of thiocarbonyl (C=S) groups is 1. The molecule has 0 atom stereocenters. The van der Waals surface area contributed by atoms with Crippen molar-refractivity contribution >= 4 is 55.9 Å². The maximum Gasteiger partial charge on any atom is 0.274 e. The van der Waals surface area contributed by atoms with Crippen LogP contribution >= 0.6 is 39.5 Å². The molecule has 0 saturated carbocycles. The minimum absolute atomic E-state index is 0.302. The highest BCUT2D eigenvalue weighted by atomic mass is 79.9. The molecule has 2 aromatic rings. The van der Waals surface area contributed by atoms with Gasteiger partial charge in [-0.3, -0.25) is 10.0 Å². The van der Waals surface area contributed by atoms with Crippen LogP contribution in [0.25, 0.3) is 5.57 Å². The molecule has 1 aromatic carbocycles. The van der Waals surface area contributed by atoms with Crippen LogP contribution in [0.1, 0.15) is 17.7 Å². The quantitative estimate of drug-likeness (QED) is 0.380. The zero-order chi connectivity index (χ0) is 20.1. The Labute approximate surface area is 181 Å². The summed E-state index contributed by atoms with van der Waals surface area (Å²) >= 11 is 10.2. The van der Waals surface area contributed by atoms with Gasteiger partial charge in [-0.05, 0) is 36.4 Å². The molecule has 146 valence electrons. The number of allylic oxidation sites excluding steroid dienone is 6. The largest absolute Gasteiger partial charge is 0.465 e. The molecule has 1 aliphatic carbocycles. The van der Waals surface area contributed by atoms with E-state index in [9.17, 15) is 0 Å². The molecule has 0 spiro atoms.